The van der Waals surface area contributed by atoms with Crippen LogP contribution in [0.15, 0.2) is 43.0 Å². The molecule has 1 heteroatoms. The largest absolute Gasteiger partial charge is 0.372 e. The van der Waals surface area contributed by atoms with Crippen molar-refractivity contribution in [3.8, 4) is 0 Å². The number of anilines is 1. The van der Waals surface area contributed by atoms with E-state index in [1.165, 1.54) is 50.0 Å². The lowest BCUT2D eigenvalue weighted by atomic mass is 10.1. The molecule has 0 radical (unpaired) electrons. The van der Waals surface area contributed by atoms with E-state index in [4.69, 9.17) is 0 Å². The summed E-state index contributed by atoms with van der Waals surface area (Å²) in [5.74, 6) is 0. The zero-order chi connectivity index (χ0) is 13.9. The Morgan fingerprint density at radius 2 is 1.58 bits per heavy atom. The summed E-state index contributed by atoms with van der Waals surface area (Å²) in [7, 11) is 0. The number of nitrogens with zero attached hydrogens (tertiary/aromatic N) is 1. The third-order valence-electron chi connectivity index (χ3n) is 3.25. The second kappa shape index (κ2) is 9.43. The Hall–Kier alpha value is -1.50. The van der Waals surface area contributed by atoms with Gasteiger partial charge in [-0.2, -0.15) is 0 Å². The average molecular weight is 257 g/mol. The van der Waals surface area contributed by atoms with E-state index < -0.39 is 0 Å². The van der Waals surface area contributed by atoms with Gasteiger partial charge in [0.05, 0.1) is 0 Å². The van der Waals surface area contributed by atoms with E-state index in [0.29, 0.717) is 0 Å². The number of hydrogen-bond donors (Lipinski definition) is 0. The molecule has 0 saturated carbocycles. The number of hydrogen-bond acceptors (Lipinski definition) is 1. The fraction of sp³-hybridized carbons (Fsp3) is 0.444. The fourth-order valence-corrected chi connectivity index (χ4v) is 2.04. The number of benzene rings is 1. The number of rotatable bonds is 9. The van der Waals surface area contributed by atoms with Crippen LogP contribution in [0.4, 0.5) is 5.69 Å². The van der Waals surface area contributed by atoms with Gasteiger partial charge in [0.2, 0.25) is 0 Å². The van der Waals surface area contributed by atoms with Gasteiger partial charge in [-0.25, -0.2) is 0 Å². The molecule has 0 saturated heterocycles. The standard InChI is InChI=1S/C18H27N/c1-4-7-10-17-11-13-18(14-12-17)19(15-8-5-2)16-9-6-3/h4,7,10-14H,1,5-6,8-9,15-16H2,2-3H3. The van der Waals surface area contributed by atoms with Crippen LogP contribution in [-0.4, -0.2) is 13.1 Å². The summed E-state index contributed by atoms with van der Waals surface area (Å²) in [6.45, 7) is 10.5. The summed E-state index contributed by atoms with van der Waals surface area (Å²) >= 11 is 0. The average Bonchev–Trinajstić information content (AvgIpc) is 2.46. The monoisotopic (exact) mass is 257 g/mol. The van der Waals surface area contributed by atoms with E-state index in [1.807, 2.05) is 12.2 Å². The van der Waals surface area contributed by atoms with Crippen molar-refractivity contribution in [2.75, 3.05) is 18.0 Å². The minimum Gasteiger partial charge on any atom is -0.372 e. The maximum atomic E-state index is 3.69. The van der Waals surface area contributed by atoms with Gasteiger partial charge in [-0.05, 0) is 30.5 Å². The Morgan fingerprint density at radius 1 is 1.00 bits per heavy atom. The molecule has 0 unspecified atom stereocenters. The van der Waals surface area contributed by atoms with Gasteiger partial charge < -0.3 is 4.90 Å². The molecule has 0 bridgehead atoms. The van der Waals surface area contributed by atoms with Crippen molar-refractivity contribution in [2.24, 2.45) is 0 Å². The van der Waals surface area contributed by atoms with Crippen LogP contribution < -0.4 is 4.90 Å². The maximum absolute atomic E-state index is 3.69. The zero-order valence-electron chi connectivity index (χ0n) is 12.4. The van der Waals surface area contributed by atoms with Gasteiger partial charge in [-0.3, -0.25) is 0 Å². The summed E-state index contributed by atoms with van der Waals surface area (Å²) in [5.41, 5.74) is 2.58. The van der Waals surface area contributed by atoms with E-state index in [9.17, 15) is 0 Å². The van der Waals surface area contributed by atoms with Gasteiger partial charge in [0.25, 0.3) is 0 Å². The first-order valence-corrected chi connectivity index (χ1v) is 7.46. The lowest BCUT2D eigenvalue weighted by Gasteiger charge is -2.24. The molecule has 0 heterocycles. The number of allylic oxidation sites excluding steroid dienone is 2. The molecule has 0 aromatic heterocycles. The molecule has 19 heavy (non-hydrogen) atoms. The van der Waals surface area contributed by atoms with Crippen molar-refractivity contribution in [2.45, 2.75) is 39.5 Å². The molecule has 1 aromatic carbocycles. The van der Waals surface area contributed by atoms with Gasteiger partial charge >= 0.3 is 0 Å². The molecule has 0 aliphatic carbocycles. The third kappa shape index (κ3) is 5.78. The second-order valence-electron chi connectivity index (χ2n) is 4.88. The third-order valence-corrected chi connectivity index (χ3v) is 3.25. The predicted molar refractivity (Wildman–Crippen MR) is 87.7 cm³/mol. The van der Waals surface area contributed by atoms with Crippen molar-refractivity contribution < 1.29 is 0 Å². The Bertz CT molecular complexity index is 367. The van der Waals surface area contributed by atoms with Crippen molar-refractivity contribution >= 4 is 11.8 Å². The molecule has 0 amide bonds. The molecular weight excluding hydrogens is 230 g/mol. The first-order valence-electron chi connectivity index (χ1n) is 7.46. The Morgan fingerprint density at radius 3 is 2.05 bits per heavy atom. The summed E-state index contributed by atoms with van der Waals surface area (Å²) < 4.78 is 0. The highest BCUT2D eigenvalue weighted by Gasteiger charge is 2.04. The van der Waals surface area contributed by atoms with Gasteiger partial charge in [0.15, 0.2) is 0 Å². The first-order chi connectivity index (χ1) is 9.31. The Balaban J connectivity index is 2.71. The second-order valence-corrected chi connectivity index (χ2v) is 4.88. The summed E-state index contributed by atoms with van der Waals surface area (Å²) in [6, 6.07) is 8.82. The molecule has 0 N–H and O–H groups in total. The molecule has 0 spiro atoms. The molecule has 1 nitrogen and oxygen atoms in total. The van der Waals surface area contributed by atoms with Crippen molar-refractivity contribution in [3.05, 3.63) is 48.6 Å². The smallest absolute Gasteiger partial charge is 0.0366 e. The normalized spacial score (nSPS) is 10.8. The summed E-state index contributed by atoms with van der Waals surface area (Å²) in [6.07, 6.45) is 10.9. The summed E-state index contributed by atoms with van der Waals surface area (Å²) in [5, 5.41) is 0. The molecule has 0 atom stereocenters. The van der Waals surface area contributed by atoms with Crippen LogP contribution in [0.1, 0.15) is 45.1 Å². The zero-order valence-corrected chi connectivity index (χ0v) is 12.4. The lowest BCUT2D eigenvalue weighted by molar-refractivity contribution is 0.678. The van der Waals surface area contributed by atoms with E-state index in [2.05, 4.69) is 55.7 Å². The Labute approximate surface area is 118 Å². The highest BCUT2D eigenvalue weighted by atomic mass is 15.1. The minimum absolute atomic E-state index is 1.17. The van der Waals surface area contributed by atoms with Gasteiger partial charge in [0, 0.05) is 18.8 Å². The molecular formula is C18H27N. The maximum Gasteiger partial charge on any atom is 0.0366 e. The van der Waals surface area contributed by atoms with Crippen LogP contribution >= 0.6 is 0 Å². The molecule has 104 valence electrons. The van der Waals surface area contributed by atoms with Crippen molar-refractivity contribution in [3.63, 3.8) is 0 Å². The van der Waals surface area contributed by atoms with E-state index in [0.717, 1.165) is 0 Å². The molecule has 0 aliphatic heterocycles. The molecule has 1 rings (SSSR count). The molecule has 0 fully saturated rings. The van der Waals surface area contributed by atoms with E-state index in [-0.39, 0.29) is 0 Å². The highest BCUT2D eigenvalue weighted by molar-refractivity contribution is 5.56. The first kappa shape index (κ1) is 15.6. The van der Waals surface area contributed by atoms with Crippen LogP contribution in [0.2, 0.25) is 0 Å². The Kier molecular flexibility index (Phi) is 7.72. The fourth-order valence-electron chi connectivity index (χ4n) is 2.04. The molecule has 1 aromatic rings. The molecule has 0 aliphatic rings. The lowest BCUT2D eigenvalue weighted by Crippen LogP contribution is -2.25. The van der Waals surface area contributed by atoms with E-state index in [1.54, 1.807) is 0 Å². The quantitative estimate of drug-likeness (QED) is 0.543. The van der Waals surface area contributed by atoms with Crippen LogP contribution in [0.3, 0.4) is 0 Å². The van der Waals surface area contributed by atoms with Gasteiger partial charge in [-0.15, -0.1) is 0 Å². The predicted octanol–water partition coefficient (Wildman–Crippen LogP) is 5.29. The SMILES string of the molecule is C=CC=Cc1ccc(N(CCCC)CCCC)cc1. The van der Waals surface area contributed by atoms with Crippen molar-refractivity contribution in [1.29, 1.82) is 0 Å². The van der Waals surface area contributed by atoms with Gasteiger partial charge in [0.1, 0.15) is 0 Å². The van der Waals surface area contributed by atoms with Crippen LogP contribution in [-0.2, 0) is 0 Å². The van der Waals surface area contributed by atoms with E-state index >= 15 is 0 Å². The van der Waals surface area contributed by atoms with Crippen molar-refractivity contribution in [1.82, 2.24) is 0 Å². The minimum atomic E-state index is 1.17. The highest BCUT2D eigenvalue weighted by Crippen LogP contribution is 2.17. The van der Waals surface area contributed by atoms with Crippen LogP contribution in [0, 0.1) is 0 Å². The summed E-state index contributed by atoms with van der Waals surface area (Å²) in [4.78, 5) is 2.51. The number of unbranched alkanes of at least 4 members (excludes halogenated alkanes) is 2. The van der Waals surface area contributed by atoms with Crippen LogP contribution in [0.25, 0.3) is 6.08 Å². The van der Waals surface area contributed by atoms with Gasteiger partial charge in [-0.1, -0.05) is 63.6 Å². The topological polar surface area (TPSA) is 3.24 Å². The van der Waals surface area contributed by atoms with Crippen LogP contribution in [0.5, 0.6) is 0 Å².